The molecule has 0 bridgehead atoms. The lowest BCUT2D eigenvalue weighted by molar-refractivity contribution is 0.0697. The number of aromatic nitrogens is 2. The van der Waals surface area contributed by atoms with Crippen molar-refractivity contribution >= 4 is 22.8 Å². The molecule has 21 heavy (non-hydrogen) atoms. The molecule has 6 heteroatoms. The van der Waals surface area contributed by atoms with Gasteiger partial charge in [-0.3, -0.25) is 4.79 Å². The third-order valence-corrected chi connectivity index (χ3v) is 4.00. The third kappa shape index (κ3) is 2.49. The van der Waals surface area contributed by atoms with Crippen LogP contribution >= 0.6 is 0 Å². The van der Waals surface area contributed by atoms with Gasteiger partial charge in [0.05, 0.1) is 16.6 Å². The lowest BCUT2D eigenvalue weighted by atomic mass is 10.0. The highest BCUT2D eigenvalue weighted by atomic mass is 16.4. The summed E-state index contributed by atoms with van der Waals surface area (Å²) in [5.41, 5.74) is 1.000. The number of carboxylic acids is 1. The zero-order chi connectivity index (χ0) is 15.0. The van der Waals surface area contributed by atoms with Gasteiger partial charge < -0.3 is 15.0 Å². The largest absolute Gasteiger partial charge is 0.478 e. The van der Waals surface area contributed by atoms with Gasteiger partial charge in [0, 0.05) is 12.6 Å². The fourth-order valence-corrected chi connectivity index (χ4v) is 2.81. The highest BCUT2D eigenvalue weighted by Gasteiger charge is 2.22. The number of nitrogens with one attached hydrogen (secondary N) is 1. The van der Waals surface area contributed by atoms with Crippen molar-refractivity contribution < 1.29 is 9.90 Å². The molecule has 1 unspecified atom stereocenters. The molecule has 2 heterocycles. The summed E-state index contributed by atoms with van der Waals surface area (Å²) in [6.07, 6.45) is 3.24. The van der Waals surface area contributed by atoms with Crippen molar-refractivity contribution in [2.75, 3.05) is 11.4 Å². The standard InChI is InChI=1S/C15H17N3O3/c1-9-4-2-3-7-18(9)13-14(19)17-11-6-5-10(15(20)21)8-12(11)16-13/h5-6,8-9H,2-4,7H2,1H3,(H,17,19)(H,20,21). The Balaban J connectivity index is 2.12. The lowest BCUT2D eigenvalue weighted by Gasteiger charge is -2.33. The number of piperidine rings is 1. The monoisotopic (exact) mass is 287 g/mol. The van der Waals surface area contributed by atoms with Gasteiger partial charge >= 0.3 is 5.97 Å². The van der Waals surface area contributed by atoms with E-state index < -0.39 is 5.97 Å². The van der Waals surface area contributed by atoms with Crippen LogP contribution in [0.3, 0.4) is 0 Å². The normalized spacial score (nSPS) is 18.9. The number of fused-ring (bicyclic) bond motifs is 1. The summed E-state index contributed by atoms with van der Waals surface area (Å²) in [5.74, 6) is -0.616. The number of hydrogen-bond donors (Lipinski definition) is 2. The van der Waals surface area contributed by atoms with Crippen LogP contribution in [0.15, 0.2) is 23.0 Å². The molecule has 1 aliphatic rings. The Hall–Kier alpha value is -2.37. The molecule has 0 radical (unpaired) electrons. The fraction of sp³-hybridized carbons (Fsp3) is 0.400. The number of nitrogens with zero attached hydrogens (tertiary/aromatic N) is 2. The van der Waals surface area contributed by atoms with E-state index in [1.807, 2.05) is 4.90 Å². The molecule has 1 fully saturated rings. The maximum atomic E-state index is 12.2. The minimum Gasteiger partial charge on any atom is -0.478 e. The van der Waals surface area contributed by atoms with E-state index >= 15 is 0 Å². The third-order valence-electron chi connectivity index (χ3n) is 4.00. The van der Waals surface area contributed by atoms with Crippen molar-refractivity contribution in [3.05, 3.63) is 34.1 Å². The maximum Gasteiger partial charge on any atom is 0.335 e. The number of rotatable bonds is 2. The van der Waals surface area contributed by atoms with Crippen LogP contribution in [0, 0.1) is 0 Å². The van der Waals surface area contributed by atoms with E-state index in [1.165, 1.54) is 12.1 Å². The second kappa shape index (κ2) is 5.20. The molecule has 2 aromatic rings. The first-order valence-corrected chi connectivity index (χ1v) is 7.10. The van der Waals surface area contributed by atoms with E-state index in [2.05, 4.69) is 16.9 Å². The van der Waals surface area contributed by atoms with Crippen molar-refractivity contribution in [2.24, 2.45) is 0 Å². The number of H-pyrrole nitrogens is 1. The molecule has 1 saturated heterocycles. The molecular weight excluding hydrogens is 270 g/mol. The average Bonchev–Trinajstić information content (AvgIpc) is 2.47. The molecule has 110 valence electrons. The minimum absolute atomic E-state index is 0.166. The highest BCUT2D eigenvalue weighted by molar-refractivity contribution is 5.92. The predicted molar refractivity (Wildman–Crippen MR) is 80.0 cm³/mol. The molecule has 6 nitrogen and oxygen atoms in total. The quantitative estimate of drug-likeness (QED) is 0.882. The van der Waals surface area contributed by atoms with E-state index in [1.54, 1.807) is 6.07 Å². The van der Waals surface area contributed by atoms with Gasteiger partial charge in [-0.25, -0.2) is 9.78 Å². The Morgan fingerprint density at radius 2 is 2.24 bits per heavy atom. The van der Waals surface area contributed by atoms with Crippen LogP contribution < -0.4 is 10.5 Å². The number of carbonyl (C=O) groups is 1. The topological polar surface area (TPSA) is 86.3 Å². The molecule has 0 saturated carbocycles. The number of hydrogen-bond acceptors (Lipinski definition) is 4. The van der Waals surface area contributed by atoms with Crippen molar-refractivity contribution in [3.8, 4) is 0 Å². The second-order valence-electron chi connectivity index (χ2n) is 5.46. The van der Waals surface area contributed by atoms with Gasteiger partial charge in [0.1, 0.15) is 0 Å². The second-order valence-corrected chi connectivity index (χ2v) is 5.46. The smallest absolute Gasteiger partial charge is 0.335 e. The summed E-state index contributed by atoms with van der Waals surface area (Å²) in [4.78, 5) is 32.5. The molecule has 3 rings (SSSR count). The molecule has 1 aromatic heterocycles. The van der Waals surface area contributed by atoms with Gasteiger partial charge in [-0.05, 0) is 44.4 Å². The van der Waals surface area contributed by atoms with Crippen molar-refractivity contribution in [1.29, 1.82) is 0 Å². The van der Waals surface area contributed by atoms with E-state index in [9.17, 15) is 9.59 Å². The minimum atomic E-state index is -1.00. The van der Waals surface area contributed by atoms with Crippen molar-refractivity contribution in [1.82, 2.24) is 9.97 Å². The van der Waals surface area contributed by atoms with E-state index in [-0.39, 0.29) is 17.2 Å². The van der Waals surface area contributed by atoms with Gasteiger partial charge in [0.2, 0.25) is 0 Å². The van der Waals surface area contributed by atoms with Crippen LogP contribution in [0.25, 0.3) is 11.0 Å². The van der Waals surface area contributed by atoms with Gasteiger partial charge in [-0.2, -0.15) is 0 Å². The first kappa shape index (κ1) is 13.6. The summed E-state index contributed by atoms with van der Waals surface area (Å²) in [6, 6.07) is 4.81. The highest BCUT2D eigenvalue weighted by Crippen LogP contribution is 2.21. The van der Waals surface area contributed by atoms with Gasteiger partial charge in [0.25, 0.3) is 5.56 Å². The number of benzene rings is 1. The Morgan fingerprint density at radius 1 is 1.43 bits per heavy atom. The molecule has 1 aromatic carbocycles. The molecule has 0 spiro atoms. The molecular formula is C15H17N3O3. The first-order chi connectivity index (χ1) is 10.1. The van der Waals surface area contributed by atoms with Crippen LogP contribution in [0.1, 0.15) is 36.5 Å². The van der Waals surface area contributed by atoms with Crippen LogP contribution in [-0.4, -0.2) is 33.6 Å². The zero-order valence-electron chi connectivity index (χ0n) is 11.8. The average molecular weight is 287 g/mol. The Labute approximate surface area is 121 Å². The van der Waals surface area contributed by atoms with E-state index in [4.69, 9.17) is 5.11 Å². The van der Waals surface area contributed by atoms with E-state index in [0.29, 0.717) is 16.9 Å². The Morgan fingerprint density at radius 3 is 2.95 bits per heavy atom. The fourth-order valence-electron chi connectivity index (χ4n) is 2.81. The molecule has 0 amide bonds. The maximum absolute atomic E-state index is 12.2. The Bertz CT molecular complexity index is 753. The summed E-state index contributed by atoms with van der Waals surface area (Å²) in [5, 5.41) is 9.05. The van der Waals surface area contributed by atoms with Gasteiger partial charge in [-0.1, -0.05) is 0 Å². The van der Waals surface area contributed by atoms with Crippen molar-refractivity contribution in [2.45, 2.75) is 32.2 Å². The first-order valence-electron chi connectivity index (χ1n) is 7.10. The molecule has 1 aliphatic heterocycles. The van der Waals surface area contributed by atoms with Crippen LogP contribution in [0.2, 0.25) is 0 Å². The van der Waals surface area contributed by atoms with Gasteiger partial charge in [0.15, 0.2) is 5.82 Å². The number of carboxylic acid groups (broad SMARTS) is 1. The van der Waals surface area contributed by atoms with Crippen LogP contribution in [-0.2, 0) is 0 Å². The number of anilines is 1. The Kier molecular flexibility index (Phi) is 3.37. The van der Waals surface area contributed by atoms with Crippen LogP contribution in [0.5, 0.6) is 0 Å². The molecule has 2 N–H and O–H groups in total. The number of aromatic carboxylic acids is 1. The van der Waals surface area contributed by atoms with Gasteiger partial charge in [-0.15, -0.1) is 0 Å². The summed E-state index contributed by atoms with van der Waals surface area (Å²) >= 11 is 0. The summed E-state index contributed by atoms with van der Waals surface area (Å²) in [6.45, 7) is 2.89. The molecule has 0 aliphatic carbocycles. The van der Waals surface area contributed by atoms with Crippen molar-refractivity contribution in [3.63, 3.8) is 0 Å². The van der Waals surface area contributed by atoms with Crippen LogP contribution in [0.4, 0.5) is 5.82 Å². The summed E-state index contributed by atoms with van der Waals surface area (Å²) < 4.78 is 0. The number of aromatic amines is 1. The SMILES string of the molecule is CC1CCCCN1c1nc2cc(C(=O)O)ccc2[nH]c1=O. The van der Waals surface area contributed by atoms with E-state index in [0.717, 1.165) is 25.8 Å². The zero-order valence-corrected chi connectivity index (χ0v) is 11.8. The molecule has 1 atom stereocenters. The summed E-state index contributed by atoms with van der Waals surface area (Å²) in [7, 11) is 0. The predicted octanol–water partition coefficient (Wildman–Crippen LogP) is 2.00. The lowest BCUT2D eigenvalue weighted by Crippen LogP contribution is -2.41.